The van der Waals surface area contributed by atoms with Gasteiger partial charge in [0.15, 0.2) is 0 Å². The summed E-state index contributed by atoms with van der Waals surface area (Å²) in [7, 11) is 3.65. The van der Waals surface area contributed by atoms with E-state index in [-0.39, 0.29) is 5.91 Å². The third-order valence-electron chi connectivity index (χ3n) is 4.85. The highest BCUT2D eigenvalue weighted by Crippen LogP contribution is 2.25. The van der Waals surface area contributed by atoms with E-state index in [0.717, 1.165) is 32.5 Å². The fraction of sp³-hybridized carbons (Fsp3) is 0.938. The Bertz CT molecular complexity index is 305. The minimum absolute atomic E-state index is 0.206. The number of nitrogens with one attached hydrogen (secondary N) is 1. The average Bonchev–Trinajstić information content (AvgIpc) is 2.37. The number of likely N-dealkylation sites (N-methyl/N-ethyl adjacent to an activating group) is 1. The predicted octanol–water partition coefficient (Wildman–Crippen LogP) is 1.81. The van der Waals surface area contributed by atoms with E-state index in [4.69, 9.17) is 0 Å². The van der Waals surface area contributed by atoms with Crippen LogP contribution in [0.25, 0.3) is 0 Å². The maximum absolute atomic E-state index is 11.7. The fourth-order valence-electron chi connectivity index (χ4n) is 2.24. The molecule has 0 aromatic heterocycles. The Labute approximate surface area is 124 Å². The van der Waals surface area contributed by atoms with Gasteiger partial charge in [0.25, 0.3) is 0 Å². The van der Waals surface area contributed by atoms with Gasteiger partial charge in [0, 0.05) is 39.8 Å². The van der Waals surface area contributed by atoms with Crippen molar-refractivity contribution < 1.29 is 4.79 Å². The van der Waals surface area contributed by atoms with Crippen LogP contribution in [0.3, 0.4) is 0 Å². The molecule has 118 valence electrons. The van der Waals surface area contributed by atoms with E-state index in [2.05, 4.69) is 37.9 Å². The summed E-state index contributed by atoms with van der Waals surface area (Å²) in [4.78, 5) is 15.6. The normalized spacial score (nSPS) is 18.6. The zero-order valence-corrected chi connectivity index (χ0v) is 14.2. The standard InChI is InChI=1S/C16H33N3O/c1-13(2)16(3,4)12-17-14-7-9-19(10-8-14)11-15(20)18(5)6/h13-14,17H,7-12H2,1-6H3. The summed E-state index contributed by atoms with van der Waals surface area (Å²) in [6.45, 7) is 12.9. The summed E-state index contributed by atoms with van der Waals surface area (Å²) in [5.74, 6) is 0.894. The minimum atomic E-state index is 0.206. The number of likely N-dealkylation sites (tertiary alicyclic amines) is 1. The number of hydrogen-bond acceptors (Lipinski definition) is 3. The van der Waals surface area contributed by atoms with Gasteiger partial charge in [-0.05, 0) is 24.2 Å². The Morgan fingerprint density at radius 2 is 1.85 bits per heavy atom. The van der Waals surface area contributed by atoms with Gasteiger partial charge in [0.2, 0.25) is 5.91 Å². The molecule has 0 aromatic rings. The van der Waals surface area contributed by atoms with Crippen LogP contribution < -0.4 is 5.32 Å². The summed E-state index contributed by atoms with van der Waals surface area (Å²) in [5.41, 5.74) is 0.345. The molecule has 0 unspecified atom stereocenters. The second-order valence-corrected chi connectivity index (χ2v) is 7.36. The summed E-state index contributed by atoms with van der Waals surface area (Å²) in [6.07, 6.45) is 2.30. The smallest absolute Gasteiger partial charge is 0.236 e. The molecule has 0 aliphatic carbocycles. The van der Waals surface area contributed by atoms with Gasteiger partial charge in [0.1, 0.15) is 0 Å². The second kappa shape index (κ2) is 7.41. The molecular weight excluding hydrogens is 250 g/mol. The molecule has 1 aliphatic rings. The lowest BCUT2D eigenvalue weighted by atomic mass is 9.81. The number of carbonyl (C=O) groups excluding carboxylic acids is 1. The van der Waals surface area contributed by atoms with Crippen molar-refractivity contribution in [2.45, 2.75) is 46.6 Å². The van der Waals surface area contributed by atoms with Crippen LogP contribution in [0.4, 0.5) is 0 Å². The Morgan fingerprint density at radius 3 is 2.30 bits per heavy atom. The third kappa shape index (κ3) is 5.41. The SMILES string of the molecule is CC(C)C(C)(C)CNC1CCN(CC(=O)N(C)C)CC1. The first-order chi connectivity index (χ1) is 9.22. The monoisotopic (exact) mass is 283 g/mol. The molecule has 1 heterocycles. The zero-order chi connectivity index (χ0) is 15.3. The molecule has 1 aliphatic heterocycles. The van der Waals surface area contributed by atoms with Crippen LogP contribution in [-0.4, -0.2) is 62.0 Å². The molecule has 4 nitrogen and oxygen atoms in total. The number of rotatable bonds is 6. The van der Waals surface area contributed by atoms with E-state index in [0.29, 0.717) is 23.9 Å². The molecule has 1 saturated heterocycles. The predicted molar refractivity (Wildman–Crippen MR) is 84.8 cm³/mol. The molecule has 1 amide bonds. The largest absolute Gasteiger partial charge is 0.348 e. The van der Waals surface area contributed by atoms with Gasteiger partial charge in [-0.2, -0.15) is 0 Å². The average molecular weight is 283 g/mol. The van der Waals surface area contributed by atoms with Gasteiger partial charge in [-0.15, -0.1) is 0 Å². The third-order valence-corrected chi connectivity index (χ3v) is 4.85. The van der Waals surface area contributed by atoms with Gasteiger partial charge in [0.05, 0.1) is 6.54 Å². The highest BCUT2D eigenvalue weighted by molar-refractivity contribution is 5.77. The highest BCUT2D eigenvalue weighted by Gasteiger charge is 2.25. The zero-order valence-electron chi connectivity index (χ0n) is 14.2. The molecule has 0 spiro atoms. The van der Waals surface area contributed by atoms with E-state index >= 15 is 0 Å². The molecule has 1 N–H and O–H groups in total. The summed E-state index contributed by atoms with van der Waals surface area (Å²) in [5, 5.41) is 3.72. The lowest BCUT2D eigenvalue weighted by molar-refractivity contribution is -0.130. The molecule has 1 rings (SSSR count). The first kappa shape index (κ1) is 17.4. The van der Waals surface area contributed by atoms with E-state index in [1.165, 1.54) is 0 Å². The molecule has 1 fully saturated rings. The summed E-state index contributed by atoms with van der Waals surface area (Å²) in [6, 6.07) is 0.610. The Morgan fingerprint density at radius 1 is 1.30 bits per heavy atom. The lowest BCUT2D eigenvalue weighted by Gasteiger charge is -2.36. The van der Waals surface area contributed by atoms with Gasteiger partial charge in [-0.1, -0.05) is 27.7 Å². The van der Waals surface area contributed by atoms with Crippen molar-refractivity contribution in [3.63, 3.8) is 0 Å². The molecule has 0 radical (unpaired) electrons. The van der Waals surface area contributed by atoms with Crippen LogP contribution in [0.2, 0.25) is 0 Å². The van der Waals surface area contributed by atoms with Crippen molar-refractivity contribution in [1.82, 2.24) is 15.1 Å². The summed E-state index contributed by atoms with van der Waals surface area (Å²) >= 11 is 0. The van der Waals surface area contributed by atoms with Gasteiger partial charge < -0.3 is 10.2 Å². The van der Waals surface area contributed by atoms with Crippen LogP contribution in [0, 0.1) is 11.3 Å². The first-order valence-corrected chi connectivity index (χ1v) is 7.88. The van der Waals surface area contributed by atoms with Crippen molar-refractivity contribution in [2.75, 3.05) is 40.3 Å². The first-order valence-electron chi connectivity index (χ1n) is 7.88. The molecule has 0 aromatic carbocycles. The van der Waals surface area contributed by atoms with Gasteiger partial charge in [-0.25, -0.2) is 0 Å². The number of nitrogens with zero attached hydrogens (tertiary/aromatic N) is 2. The van der Waals surface area contributed by atoms with Gasteiger partial charge >= 0.3 is 0 Å². The van der Waals surface area contributed by atoms with Crippen molar-refractivity contribution in [3.05, 3.63) is 0 Å². The lowest BCUT2D eigenvalue weighted by Crippen LogP contribution is -2.48. The number of carbonyl (C=O) groups is 1. The number of amides is 1. The van der Waals surface area contributed by atoms with Crippen LogP contribution in [0.15, 0.2) is 0 Å². The van der Waals surface area contributed by atoms with Crippen LogP contribution in [0.1, 0.15) is 40.5 Å². The molecule has 20 heavy (non-hydrogen) atoms. The minimum Gasteiger partial charge on any atom is -0.348 e. The van der Waals surface area contributed by atoms with E-state index in [1.54, 1.807) is 4.90 Å². The maximum Gasteiger partial charge on any atom is 0.236 e. The van der Waals surface area contributed by atoms with E-state index in [1.807, 2.05) is 14.1 Å². The van der Waals surface area contributed by atoms with Crippen molar-refractivity contribution in [3.8, 4) is 0 Å². The molecule has 0 atom stereocenters. The maximum atomic E-state index is 11.7. The van der Waals surface area contributed by atoms with Crippen molar-refractivity contribution in [2.24, 2.45) is 11.3 Å². The summed E-state index contributed by atoms with van der Waals surface area (Å²) < 4.78 is 0. The highest BCUT2D eigenvalue weighted by atomic mass is 16.2. The van der Waals surface area contributed by atoms with Crippen LogP contribution in [0.5, 0.6) is 0 Å². The Hall–Kier alpha value is -0.610. The van der Waals surface area contributed by atoms with Crippen molar-refractivity contribution >= 4 is 5.91 Å². The molecule has 4 heteroatoms. The van der Waals surface area contributed by atoms with Crippen LogP contribution >= 0.6 is 0 Å². The van der Waals surface area contributed by atoms with Crippen LogP contribution in [-0.2, 0) is 4.79 Å². The Balaban J connectivity index is 2.27. The van der Waals surface area contributed by atoms with E-state index < -0.39 is 0 Å². The molecule has 0 bridgehead atoms. The number of piperidine rings is 1. The molecular formula is C16H33N3O. The Kier molecular flexibility index (Phi) is 6.46. The van der Waals surface area contributed by atoms with Gasteiger partial charge in [-0.3, -0.25) is 9.69 Å². The second-order valence-electron chi connectivity index (χ2n) is 7.36. The van der Waals surface area contributed by atoms with E-state index in [9.17, 15) is 4.79 Å². The fourth-order valence-corrected chi connectivity index (χ4v) is 2.24. The molecule has 0 saturated carbocycles. The topological polar surface area (TPSA) is 35.6 Å². The number of hydrogen-bond donors (Lipinski definition) is 1. The quantitative estimate of drug-likeness (QED) is 0.807. The van der Waals surface area contributed by atoms with Crippen molar-refractivity contribution in [1.29, 1.82) is 0 Å².